The van der Waals surface area contributed by atoms with Crippen LogP contribution >= 0.6 is 0 Å². The van der Waals surface area contributed by atoms with E-state index in [-0.39, 0.29) is 11.5 Å². The first-order chi connectivity index (χ1) is 19.3. The molecule has 1 aromatic heterocycles. The van der Waals surface area contributed by atoms with Gasteiger partial charge in [-0.05, 0) is 85.4 Å². The number of likely N-dealkylation sites (tertiary alicyclic amines) is 1. The van der Waals surface area contributed by atoms with Crippen LogP contribution in [0.2, 0.25) is 0 Å². The van der Waals surface area contributed by atoms with Gasteiger partial charge in [0.2, 0.25) is 10.0 Å². The molecule has 3 aromatic rings. The lowest BCUT2D eigenvalue weighted by molar-refractivity contribution is 0.0515. The van der Waals surface area contributed by atoms with Crippen molar-refractivity contribution >= 4 is 21.6 Å². The summed E-state index contributed by atoms with van der Waals surface area (Å²) in [7, 11) is -3.77. The van der Waals surface area contributed by atoms with Gasteiger partial charge in [-0.1, -0.05) is 24.3 Å². The van der Waals surface area contributed by atoms with E-state index in [9.17, 15) is 17.6 Å². The van der Waals surface area contributed by atoms with E-state index in [1.54, 1.807) is 12.1 Å². The van der Waals surface area contributed by atoms with Crippen molar-refractivity contribution in [2.75, 3.05) is 31.1 Å². The molecule has 40 heavy (non-hydrogen) atoms. The molecule has 210 valence electrons. The summed E-state index contributed by atoms with van der Waals surface area (Å²) in [6.45, 7) is 3.53. The number of halogens is 1. The summed E-state index contributed by atoms with van der Waals surface area (Å²) >= 11 is 0. The molecule has 9 heteroatoms. The van der Waals surface area contributed by atoms with Gasteiger partial charge in [0.25, 0.3) is 5.91 Å². The van der Waals surface area contributed by atoms with Crippen molar-refractivity contribution in [2.45, 2.75) is 50.3 Å². The van der Waals surface area contributed by atoms with Gasteiger partial charge in [0.15, 0.2) is 0 Å². The average Bonchev–Trinajstić information content (AvgIpc) is 3.36. The summed E-state index contributed by atoms with van der Waals surface area (Å²) in [5.41, 5.74) is 4.15. The maximum Gasteiger partial charge on any atom is 0.253 e. The number of aromatic nitrogens is 1. The maximum absolute atomic E-state index is 14.1. The first-order valence-electron chi connectivity index (χ1n) is 14.1. The molecular weight excluding hydrogens is 527 g/mol. The third-order valence-corrected chi connectivity index (χ3v) is 10.4. The minimum absolute atomic E-state index is 0.00624. The number of hydrogen-bond acceptors (Lipinski definition) is 5. The number of anilines is 1. The number of sulfonamides is 1. The van der Waals surface area contributed by atoms with Gasteiger partial charge in [-0.15, -0.1) is 0 Å². The Bertz CT molecular complexity index is 1480. The minimum Gasteiger partial charge on any atom is -0.371 e. The normalized spacial score (nSPS) is 20.5. The molecular formula is C31H35FN4O3S. The fourth-order valence-electron chi connectivity index (χ4n) is 6.60. The number of fused-ring (bicyclic) bond motifs is 1. The van der Waals surface area contributed by atoms with Gasteiger partial charge in [0, 0.05) is 61.4 Å². The molecule has 6 rings (SSSR count). The minimum atomic E-state index is -3.77. The summed E-state index contributed by atoms with van der Waals surface area (Å²) in [5, 5.41) is 0. The SMILES string of the molecule is O=C(c1ccc2c(c1)C(NS(=O)(=O)Cc1ccccc1F)CC2)N1CCC2(CC1)CCN(c1ccncc1)CC2. The summed E-state index contributed by atoms with van der Waals surface area (Å²) < 4.78 is 42.6. The largest absolute Gasteiger partial charge is 0.371 e. The van der Waals surface area contributed by atoms with Crippen molar-refractivity contribution < 1.29 is 17.6 Å². The Balaban J connectivity index is 1.08. The van der Waals surface area contributed by atoms with Crippen molar-refractivity contribution in [1.29, 1.82) is 0 Å². The van der Waals surface area contributed by atoms with E-state index < -0.39 is 27.6 Å². The molecule has 1 unspecified atom stereocenters. The molecule has 2 aliphatic heterocycles. The van der Waals surface area contributed by atoms with E-state index in [0.29, 0.717) is 17.4 Å². The fraction of sp³-hybridized carbons (Fsp3) is 0.419. The number of carbonyl (C=O) groups is 1. The van der Waals surface area contributed by atoms with E-state index in [1.807, 2.05) is 35.5 Å². The van der Waals surface area contributed by atoms with Crippen LogP contribution in [-0.4, -0.2) is 50.4 Å². The highest BCUT2D eigenvalue weighted by Gasteiger charge is 2.39. The van der Waals surface area contributed by atoms with E-state index in [4.69, 9.17) is 0 Å². The van der Waals surface area contributed by atoms with Gasteiger partial charge in [0.05, 0.1) is 5.75 Å². The Kier molecular flexibility index (Phi) is 7.35. The van der Waals surface area contributed by atoms with Gasteiger partial charge in [-0.2, -0.15) is 0 Å². The second-order valence-electron chi connectivity index (χ2n) is 11.5. The predicted octanol–water partition coefficient (Wildman–Crippen LogP) is 4.85. The average molecular weight is 563 g/mol. The van der Waals surface area contributed by atoms with Crippen LogP contribution in [0.25, 0.3) is 0 Å². The lowest BCUT2D eigenvalue weighted by Gasteiger charge is -2.47. The van der Waals surface area contributed by atoms with Gasteiger partial charge >= 0.3 is 0 Å². The summed E-state index contributed by atoms with van der Waals surface area (Å²) in [5.74, 6) is -0.943. The van der Waals surface area contributed by atoms with E-state index in [2.05, 4.69) is 26.7 Å². The zero-order chi connectivity index (χ0) is 27.7. The van der Waals surface area contributed by atoms with Crippen molar-refractivity contribution in [1.82, 2.24) is 14.6 Å². The van der Waals surface area contributed by atoms with E-state index in [0.717, 1.165) is 69.4 Å². The standard InChI is InChI=1S/C31H35FN4O3S/c32-28-4-2-1-3-25(28)22-40(38,39)34-29-8-7-23-5-6-24(21-27(23)29)30(37)36-19-13-31(14-20-36)11-17-35(18-12-31)26-9-15-33-16-10-26/h1-6,9-10,15-16,21,29,34H,7-8,11-14,17-20,22H2. The summed E-state index contributed by atoms with van der Waals surface area (Å²) in [4.78, 5) is 22.0. The molecule has 7 nitrogen and oxygen atoms in total. The molecule has 1 amide bonds. The van der Waals surface area contributed by atoms with Crippen molar-refractivity contribution in [2.24, 2.45) is 5.41 Å². The number of pyridine rings is 1. The number of rotatable bonds is 6. The number of carbonyl (C=O) groups excluding carboxylic acids is 1. The smallest absolute Gasteiger partial charge is 0.253 e. The molecule has 2 fully saturated rings. The molecule has 2 aromatic carbocycles. The van der Waals surface area contributed by atoms with Gasteiger partial charge in [0.1, 0.15) is 5.82 Å². The maximum atomic E-state index is 14.1. The van der Waals surface area contributed by atoms with Crippen LogP contribution in [0.15, 0.2) is 67.0 Å². The first kappa shape index (κ1) is 26.9. The Morgan fingerprint density at radius 2 is 1.68 bits per heavy atom. The molecule has 3 aliphatic rings. The van der Waals surface area contributed by atoms with Crippen molar-refractivity contribution in [3.8, 4) is 0 Å². The van der Waals surface area contributed by atoms with Gasteiger partial charge < -0.3 is 9.80 Å². The predicted molar refractivity (Wildman–Crippen MR) is 153 cm³/mol. The fourth-order valence-corrected chi connectivity index (χ4v) is 8.00. The van der Waals surface area contributed by atoms with Gasteiger partial charge in [-0.3, -0.25) is 9.78 Å². The molecule has 1 atom stereocenters. The van der Waals surface area contributed by atoms with Gasteiger partial charge in [-0.25, -0.2) is 17.5 Å². The monoisotopic (exact) mass is 562 g/mol. The molecule has 1 aliphatic carbocycles. The van der Waals surface area contributed by atoms with Crippen molar-refractivity contribution in [3.63, 3.8) is 0 Å². The molecule has 0 radical (unpaired) electrons. The number of aryl methyl sites for hydroxylation is 1. The lowest BCUT2D eigenvalue weighted by Crippen LogP contribution is -2.48. The number of piperidine rings is 2. The summed E-state index contributed by atoms with van der Waals surface area (Å²) in [6, 6.07) is 15.3. The molecule has 1 N–H and O–H groups in total. The molecule has 3 heterocycles. The topological polar surface area (TPSA) is 82.6 Å². The van der Waals surface area contributed by atoms with Crippen LogP contribution in [0.1, 0.15) is 65.2 Å². The number of nitrogens with zero attached hydrogens (tertiary/aromatic N) is 3. The number of amides is 1. The van der Waals surface area contributed by atoms with Crippen LogP contribution < -0.4 is 9.62 Å². The second-order valence-corrected chi connectivity index (χ2v) is 13.2. The quantitative estimate of drug-likeness (QED) is 0.465. The number of hydrogen-bond donors (Lipinski definition) is 1. The summed E-state index contributed by atoms with van der Waals surface area (Å²) in [6.07, 6.45) is 9.30. The van der Waals surface area contributed by atoms with Crippen LogP contribution in [0.3, 0.4) is 0 Å². The third-order valence-electron chi connectivity index (χ3n) is 9.06. The number of benzene rings is 2. The van der Waals surface area contributed by atoms with Crippen LogP contribution in [0.4, 0.5) is 10.1 Å². The highest BCUT2D eigenvalue weighted by Crippen LogP contribution is 2.42. The van der Waals surface area contributed by atoms with Crippen LogP contribution in [0.5, 0.6) is 0 Å². The first-order valence-corrected chi connectivity index (χ1v) is 15.8. The molecule has 0 bridgehead atoms. The van der Waals surface area contributed by atoms with E-state index >= 15 is 0 Å². The Morgan fingerprint density at radius 1 is 0.975 bits per heavy atom. The van der Waals surface area contributed by atoms with Crippen LogP contribution in [0, 0.1) is 11.2 Å². The zero-order valence-electron chi connectivity index (χ0n) is 22.6. The highest BCUT2D eigenvalue weighted by molar-refractivity contribution is 7.88. The third kappa shape index (κ3) is 5.63. The lowest BCUT2D eigenvalue weighted by atomic mass is 9.71. The Morgan fingerprint density at radius 3 is 2.40 bits per heavy atom. The van der Waals surface area contributed by atoms with E-state index in [1.165, 1.54) is 17.8 Å². The second kappa shape index (κ2) is 10.9. The zero-order valence-corrected chi connectivity index (χ0v) is 23.4. The molecule has 0 saturated carbocycles. The molecule has 2 saturated heterocycles. The Labute approximate surface area is 235 Å². The highest BCUT2D eigenvalue weighted by atomic mass is 32.2. The molecule has 1 spiro atoms. The van der Waals surface area contributed by atoms with Crippen molar-refractivity contribution in [3.05, 3.63) is 95.1 Å². The Hall–Kier alpha value is -3.30. The van der Waals surface area contributed by atoms with Crippen LogP contribution in [-0.2, 0) is 22.2 Å². The number of nitrogens with one attached hydrogen (secondary N) is 1.